The minimum Gasteiger partial charge on any atom is -0.462 e. The van der Waals surface area contributed by atoms with Crippen LogP contribution in [0.25, 0.3) is 11.0 Å². The van der Waals surface area contributed by atoms with E-state index in [9.17, 15) is 13.6 Å². The topological polar surface area (TPSA) is 64.1 Å². The second-order valence-corrected chi connectivity index (χ2v) is 5.37. The summed E-state index contributed by atoms with van der Waals surface area (Å²) >= 11 is 0. The number of fused-ring (bicyclic) bond motifs is 1. The molecule has 1 aromatic carbocycles. The number of esters is 1. The number of hydrogen-bond donors (Lipinski definition) is 1. The Bertz CT molecular complexity index is 940. The average molecular weight is 343 g/mol. The van der Waals surface area contributed by atoms with E-state index in [0.29, 0.717) is 16.7 Å². The SMILES string of the molecule is CCOC(=O)c1cnc2nc(C)ccc2c1Nc1cc(F)cc(F)c1. The van der Waals surface area contributed by atoms with Crippen LogP contribution in [0.3, 0.4) is 0 Å². The highest BCUT2D eigenvalue weighted by Crippen LogP contribution is 2.29. The molecular formula is C18H15F2N3O2. The van der Waals surface area contributed by atoms with Crippen LogP contribution >= 0.6 is 0 Å². The summed E-state index contributed by atoms with van der Waals surface area (Å²) in [4.78, 5) is 20.7. The largest absolute Gasteiger partial charge is 0.462 e. The Morgan fingerprint density at radius 1 is 1.20 bits per heavy atom. The Balaban J connectivity index is 2.17. The second kappa shape index (κ2) is 6.80. The van der Waals surface area contributed by atoms with E-state index in [1.807, 2.05) is 6.92 Å². The summed E-state index contributed by atoms with van der Waals surface area (Å²) in [6, 6.07) is 6.53. The number of rotatable bonds is 4. The molecule has 2 aromatic heterocycles. The number of ether oxygens (including phenoxy) is 1. The number of pyridine rings is 2. The molecule has 0 radical (unpaired) electrons. The van der Waals surface area contributed by atoms with Gasteiger partial charge in [-0.1, -0.05) is 0 Å². The third kappa shape index (κ3) is 3.55. The van der Waals surface area contributed by atoms with Gasteiger partial charge in [-0.15, -0.1) is 0 Å². The lowest BCUT2D eigenvalue weighted by molar-refractivity contribution is 0.0527. The van der Waals surface area contributed by atoms with Crippen LogP contribution in [0, 0.1) is 18.6 Å². The quantitative estimate of drug-likeness (QED) is 0.722. The molecule has 0 amide bonds. The lowest BCUT2D eigenvalue weighted by Gasteiger charge is -2.14. The van der Waals surface area contributed by atoms with E-state index in [1.165, 1.54) is 6.20 Å². The molecule has 0 saturated carbocycles. The van der Waals surface area contributed by atoms with Crippen molar-refractivity contribution < 1.29 is 18.3 Å². The predicted octanol–water partition coefficient (Wildman–Crippen LogP) is 4.14. The summed E-state index contributed by atoms with van der Waals surface area (Å²) in [5.74, 6) is -2.04. The molecule has 25 heavy (non-hydrogen) atoms. The molecular weight excluding hydrogens is 328 g/mol. The van der Waals surface area contributed by atoms with E-state index in [2.05, 4.69) is 15.3 Å². The number of anilines is 2. The van der Waals surface area contributed by atoms with Gasteiger partial charge in [-0.3, -0.25) is 0 Å². The molecule has 0 spiro atoms. The number of benzene rings is 1. The first-order valence-corrected chi connectivity index (χ1v) is 7.64. The summed E-state index contributed by atoms with van der Waals surface area (Å²) in [5, 5.41) is 3.44. The lowest BCUT2D eigenvalue weighted by atomic mass is 10.1. The van der Waals surface area contributed by atoms with Gasteiger partial charge in [0.25, 0.3) is 0 Å². The number of hydrogen-bond acceptors (Lipinski definition) is 5. The maximum Gasteiger partial charge on any atom is 0.341 e. The minimum absolute atomic E-state index is 0.157. The van der Waals surface area contributed by atoms with Crippen molar-refractivity contribution in [1.29, 1.82) is 0 Å². The molecule has 2 heterocycles. The minimum atomic E-state index is -0.729. The van der Waals surface area contributed by atoms with Crippen LogP contribution in [0.15, 0.2) is 36.5 Å². The van der Waals surface area contributed by atoms with E-state index in [0.717, 1.165) is 23.9 Å². The molecule has 0 saturated heterocycles. The molecule has 0 atom stereocenters. The van der Waals surface area contributed by atoms with Gasteiger partial charge >= 0.3 is 5.97 Å². The van der Waals surface area contributed by atoms with Gasteiger partial charge in [-0.05, 0) is 38.1 Å². The number of nitrogens with zero attached hydrogens (tertiary/aromatic N) is 2. The molecule has 128 valence electrons. The van der Waals surface area contributed by atoms with E-state index < -0.39 is 17.6 Å². The zero-order valence-corrected chi connectivity index (χ0v) is 13.6. The van der Waals surface area contributed by atoms with Crippen molar-refractivity contribution in [3.8, 4) is 0 Å². The predicted molar refractivity (Wildman–Crippen MR) is 89.9 cm³/mol. The van der Waals surface area contributed by atoms with Crippen molar-refractivity contribution in [1.82, 2.24) is 9.97 Å². The van der Waals surface area contributed by atoms with Gasteiger partial charge in [0, 0.05) is 29.0 Å². The number of aryl methyl sites for hydroxylation is 1. The maximum absolute atomic E-state index is 13.5. The van der Waals surface area contributed by atoms with Crippen molar-refractivity contribution in [2.24, 2.45) is 0 Å². The summed E-state index contributed by atoms with van der Waals surface area (Å²) in [7, 11) is 0. The molecule has 0 aliphatic rings. The Morgan fingerprint density at radius 2 is 1.92 bits per heavy atom. The zero-order chi connectivity index (χ0) is 18.0. The molecule has 0 aliphatic carbocycles. The first-order chi connectivity index (χ1) is 12.0. The third-order valence-corrected chi connectivity index (χ3v) is 3.50. The standard InChI is InChI=1S/C18H15F2N3O2/c1-3-25-18(24)15-9-21-17-14(5-4-10(2)22-17)16(15)23-13-7-11(19)6-12(20)8-13/h4-9H,3H2,1-2H3,(H,21,22,23). The summed E-state index contributed by atoms with van der Waals surface area (Å²) in [5.41, 5.74) is 1.82. The van der Waals surface area contributed by atoms with Gasteiger partial charge < -0.3 is 10.1 Å². The average Bonchev–Trinajstić information content (AvgIpc) is 2.54. The molecule has 0 bridgehead atoms. The summed E-state index contributed by atoms with van der Waals surface area (Å²) < 4.78 is 32.0. The number of halogens is 2. The Morgan fingerprint density at radius 3 is 2.60 bits per heavy atom. The number of carbonyl (C=O) groups excluding carboxylic acids is 1. The summed E-state index contributed by atoms with van der Waals surface area (Å²) in [6.45, 7) is 3.69. The van der Waals surface area contributed by atoms with Gasteiger partial charge in [-0.2, -0.15) is 0 Å². The molecule has 1 N–H and O–H groups in total. The van der Waals surface area contributed by atoms with Crippen LogP contribution in [0.5, 0.6) is 0 Å². The van der Waals surface area contributed by atoms with Crippen LogP contribution in [-0.4, -0.2) is 22.5 Å². The summed E-state index contributed by atoms with van der Waals surface area (Å²) in [6.07, 6.45) is 1.34. The van der Waals surface area contributed by atoms with Gasteiger partial charge in [0.15, 0.2) is 5.65 Å². The highest BCUT2D eigenvalue weighted by Gasteiger charge is 2.18. The van der Waals surface area contributed by atoms with E-state index in [4.69, 9.17) is 4.74 Å². The lowest BCUT2D eigenvalue weighted by Crippen LogP contribution is -2.10. The van der Waals surface area contributed by atoms with Gasteiger partial charge in [0.2, 0.25) is 0 Å². The first-order valence-electron chi connectivity index (χ1n) is 7.64. The van der Waals surface area contributed by atoms with Crippen molar-refractivity contribution in [3.05, 3.63) is 59.4 Å². The van der Waals surface area contributed by atoms with Crippen molar-refractivity contribution in [2.45, 2.75) is 13.8 Å². The van der Waals surface area contributed by atoms with Crippen molar-refractivity contribution >= 4 is 28.4 Å². The second-order valence-electron chi connectivity index (χ2n) is 5.37. The third-order valence-electron chi connectivity index (χ3n) is 3.50. The molecule has 3 aromatic rings. The van der Waals surface area contributed by atoms with Gasteiger partial charge in [0.05, 0.1) is 12.3 Å². The number of nitrogens with one attached hydrogen (secondary N) is 1. The van der Waals surface area contributed by atoms with Gasteiger partial charge in [-0.25, -0.2) is 23.5 Å². The van der Waals surface area contributed by atoms with Crippen LogP contribution in [0.4, 0.5) is 20.2 Å². The van der Waals surface area contributed by atoms with Crippen LogP contribution in [0.2, 0.25) is 0 Å². The molecule has 0 fully saturated rings. The van der Waals surface area contributed by atoms with Crippen LogP contribution in [0.1, 0.15) is 23.0 Å². The molecule has 5 nitrogen and oxygen atoms in total. The van der Waals surface area contributed by atoms with E-state index in [1.54, 1.807) is 19.1 Å². The van der Waals surface area contributed by atoms with Crippen LogP contribution < -0.4 is 5.32 Å². The molecule has 3 rings (SSSR count). The van der Waals surface area contributed by atoms with Crippen LogP contribution in [-0.2, 0) is 4.74 Å². The Hall–Kier alpha value is -3.09. The normalized spacial score (nSPS) is 10.7. The fraction of sp³-hybridized carbons (Fsp3) is 0.167. The zero-order valence-electron chi connectivity index (χ0n) is 13.6. The highest BCUT2D eigenvalue weighted by molar-refractivity contribution is 6.05. The maximum atomic E-state index is 13.5. The van der Waals surface area contributed by atoms with Crippen molar-refractivity contribution in [2.75, 3.05) is 11.9 Å². The van der Waals surface area contributed by atoms with Crippen molar-refractivity contribution in [3.63, 3.8) is 0 Å². The fourth-order valence-corrected chi connectivity index (χ4v) is 2.44. The Kier molecular flexibility index (Phi) is 4.56. The monoisotopic (exact) mass is 343 g/mol. The first kappa shape index (κ1) is 16.8. The number of carbonyl (C=O) groups is 1. The van der Waals surface area contributed by atoms with Gasteiger partial charge in [0.1, 0.15) is 17.2 Å². The fourth-order valence-electron chi connectivity index (χ4n) is 2.44. The number of aromatic nitrogens is 2. The van der Waals surface area contributed by atoms with E-state index >= 15 is 0 Å². The highest BCUT2D eigenvalue weighted by atomic mass is 19.1. The molecule has 7 heteroatoms. The Labute approximate surface area is 142 Å². The smallest absolute Gasteiger partial charge is 0.341 e. The molecule has 0 aliphatic heterocycles. The molecule has 0 unspecified atom stereocenters. The van der Waals surface area contributed by atoms with E-state index in [-0.39, 0.29) is 17.9 Å².